The monoisotopic (exact) mass is 406 g/mol. The van der Waals surface area contributed by atoms with Gasteiger partial charge in [0.05, 0.1) is 13.0 Å². The number of nitrogens with zero attached hydrogens (tertiary/aromatic N) is 2. The molecule has 4 rings (SSSR count). The van der Waals surface area contributed by atoms with Gasteiger partial charge in [0, 0.05) is 31.7 Å². The molecule has 0 N–H and O–H groups in total. The normalized spacial score (nSPS) is 20.1. The minimum absolute atomic E-state index is 0.0193. The molecule has 0 spiro atoms. The number of likely N-dealkylation sites (tertiary alicyclic amines) is 2. The Morgan fingerprint density at radius 2 is 1.67 bits per heavy atom. The van der Waals surface area contributed by atoms with Gasteiger partial charge in [0.1, 0.15) is 5.75 Å². The van der Waals surface area contributed by atoms with Crippen LogP contribution in [0.3, 0.4) is 0 Å². The van der Waals surface area contributed by atoms with Gasteiger partial charge in [-0.2, -0.15) is 0 Å². The molecule has 5 nitrogen and oxygen atoms in total. The molecule has 0 aromatic heterocycles. The highest BCUT2D eigenvalue weighted by molar-refractivity contribution is 5.95. The minimum atomic E-state index is -0.0958. The summed E-state index contributed by atoms with van der Waals surface area (Å²) in [5.41, 5.74) is 1.99. The summed E-state index contributed by atoms with van der Waals surface area (Å²) < 4.78 is 5.24. The van der Waals surface area contributed by atoms with Crippen LogP contribution in [0.1, 0.15) is 47.5 Å². The molecule has 1 unspecified atom stereocenters. The van der Waals surface area contributed by atoms with E-state index in [-0.39, 0.29) is 17.7 Å². The van der Waals surface area contributed by atoms with E-state index >= 15 is 0 Å². The van der Waals surface area contributed by atoms with Crippen molar-refractivity contribution in [2.24, 2.45) is 5.92 Å². The molecule has 30 heavy (non-hydrogen) atoms. The molecule has 0 bridgehead atoms. The predicted molar refractivity (Wildman–Crippen MR) is 117 cm³/mol. The third-order valence-corrected chi connectivity index (χ3v) is 6.45. The smallest absolute Gasteiger partial charge is 0.254 e. The second-order valence-corrected chi connectivity index (χ2v) is 8.33. The van der Waals surface area contributed by atoms with Crippen LogP contribution < -0.4 is 4.74 Å². The van der Waals surface area contributed by atoms with Gasteiger partial charge < -0.3 is 14.5 Å². The number of amides is 2. The van der Waals surface area contributed by atoms with Gasteiger partial charge >= 0.3 is 0 Å². The van der Waals surface area contributed by atoms with Crippen molar-refractivity contribution in [2.75, 3.05) is 33.3 Å². The van der Waals surface area contributed by atoms with Gasteiger partial charge in [-0.25, -0.2) is 0 Å². The first-order valence-corrected chi connectivity index (χ1v) is 10.9. The number of hydrogen-bond donors (Lipinski definition) is 0. The largest absolute Gasteiger partial charge is 0.497 e. The van der Waals surface area contributed by atoms with Gasteiger partial charge in [-0.15, -0.1) is 0 Å². The summed E-state index contributed by atoms with van der Waals surface area (Å²) in [6.07, 6.45) is 3.75. The maximum absolute atomic E-state index is 13.2. The molecular weight excluding hydrogens is 376 g/mol. The van der Waals surface area contributed by atoms with Crippen molar-refractivity contribution in [3.05, 3.63) is 65.7 Å². The van der Waals surface area contributed by atoms with Gasteiger partial charge in [-0.3, -0.25) is 9.59 Å². The van der Waals surface area contributed by atoms with Gasteiger partial charge in [0.25, 0.3) is 5.91 Å². The topological polar surface area (TPSA) is 49.9 Å². The van der Waals surface area contributed by atoms with E-state index in [9.17, 15) is 9.59 Å². The molecule has 2 aliphatic heterocycles. The molecule has 2 aromatic carbocycles. The lowest BCUT2D eigenvalue weighted by Crippen LogP contribution is -2.48. The maximum atomic E-state index is 13.2. The zero-order valence-corrected chi connectivity index (χ0v) is 17.6. The second-order valence-electron chi connectivity index (χ2n) is 8.33. The first-order valence-electron chi connectivity index (χ1n) is 10.9. The molecule has 2 fully saturated rings. The van der Waals surface area contributed by atoms with Crippen molar-refractivity contribution in [3.63, 3.8) is 0 Å². The highest BCUT2D eigenvalue weighted by atomic mass is 16.5. The van der Waals surface area contributed by atoms with Crippen molar-refractivity contribution in [1.29, 1.82) is 0 Å². The summed E-state index contributed by atoms with van der Waals surface area (Å²) in [6, 6.07) is 17.8. The number of hydrogen-bond acceptors (Lipinski definition) is 3. The Bertz CT molecular complexity index is 875. The Morgan fingerprint density at radius 1 is 0.900 bits per heavy atom. The number of carbonyl (C=O) groups excluding carboxylic acids is 2. The quantitative estimate of drug-likeness (QED) is 0.772. The molecule has 1 atom stereocenters. The van der Waals surface area contributed by atoms with E-state index < -0.39 is 0 Å². The molecule has 0 saturated carbocycles. The molecule has 2 aromatic rings. The average Bonchev–Trinajstić information content (AvgIpc) is 2.84. The van der Waals surface area contributed by atoms with E-state index in [1.54, 1.807) is 13.2 Å². The fourth-order valence-electron chi connectivity index (χ4n) is 4.72. The van der Waals surface area contributed by atoms with Gasteiger partial charge in [-0.05, 0) is 55.4 Å². The maximum Gasteiger partial charge on any atom is 0.254 e. The molecule has 2 saturated heterocycles. The first-order chi connectivity index (χ1) is 14.7. The number of piperidine rings is 2. The summed E-state index contributed by atoms with van der Waals surface area (Å²) in [5.74, 6) is 1.31. The fourth-order valence-corrected chi connectivity index (χ4v) is 4.72. The lowest BCUT2D eigenvalue weighted by atomic mass is 9.88. The lowest BCUT2D eigenvalue weighted by molar-refractivity contribution is -0.138. The third-order valence-electron chi connectivity index (χ3n) is 6.45. The molecule has 5 heteroatoms. The van der Waals surface area contributed by atoms with Crippen LogP contribution in [-0.2, 0) is 4.79 Å². The molecule has 2 amide bonds. The van der Waals surface area contributed by atoms with E-state index in [1.807, 2.05) is 34.1 Å². The molecule has 2 heterocycles. The zero-order chi connectivity index (χ0) is 20.9. The van der Waals surface area contributed by atoms with E-state index in [1.165, 1.54) is 5.56 Å². The molecule has 0 radical (unpaired) electrons. The van der Waals surface area contributed by atoms with Crippen LogP contribution in [0.5, 0.6) is 5.75 Å². The molecule has 2 aliphatic rings. The Balaban J connectivity index is 1.35. The third kappa shape index (κ3) is 4.50. The number of rotatable bonds is 4. The Labute approximate surface area is 178 Å². The second kappa shape index (κ2) is 9.33. The minimum Gasteiger partial charge on any atom is -0.497 e. The van der Waals surface area contributed by atoms with Gasteiger partial charge in [0.2, 0.25) is 5.91 Å². The summed E-state index contributed by atoms with van der Waals surface area (Å²) in [7, 11) is 1.60. The van der Waals surface area contributed by atoms with Crippen LogP contribution in [0.4, 0.5) is 0 Å². The molecule has 0 aliphatic carbocycles. The van der Waals surface area contributed by atoms with Gasteiger partial charge in [-0.1, -0.05) is 36.4 Å². The van der Waals surface area contributed by atoms with Crippen molar-refractivity contribution < 1.29 is 14.3 Å². The molecular formula is C25H30N2O3. The van der Waals surface area contributed by atoms with Crippen LogP contribution >= 0.6 is 0 Å². The lowest BCUT2D eigenvalue weighted by Gasteiger charge is -2.38. The van der Waals surface area contributed by atoms with Crippen LogP contribution in [-0.4, -0.2) is 54.9 Å². The number of benzene rings is 2. The Hall–Kier alpha value is -2.82. The summed E-state index contributed by atoms with van der Waals surface area (Å²) in [6.45, 7) is 2.82. The zero-order valence-electron chi connectivity index (χ0n) is 17.6. The van der Waals surface area contributed by atoms with Crippen LogP contribution in [0.2, 0.25) is 0 Å². The van der Waals surface area contributed by atoms with E-state index in [2.05, 4.69) is 24.3 Å². The molecule has 158 valence electrons. The van der Waals surface area contributed by atoms with E-state index in [4.69, 9.17) is 4.74 Å². The number of ether oxygens (including phenoxy) is 1. The van der Waals surface area contributed by atoms with Crippen molar-refractivity contribution in [1.82, 2.24) is 9.80 Å². The van der Waals surface area contributed by atoms with Crippen molar-refractivity contribution in [2.45, 2.75) is 31.6 Å². The number of methoxy groups -OCH3 is 1. The summed E-state index contributed by atoms with van der Waals surface area (Å²) in [5, 5.41) is 0. The average molecular weight is 407 g/mol. The predicted octanol–water partition coefficient (Wildman–Crippen LogP) is 3.95. The number of carbonyl (C=O) groups is 2. The first kappa shape index (κ1) is 20.5. The standard InChI is InChI=1S/C25H30N2O3/c1-30-23-11-5-9-21(17-23)24(28)27-14-6-10-22(18-27)25(29)26-15-12-20(13-16-26)19-7-3-2-4-8-19/h2-5,7-9,11,17,20,22H,6,10,12-16,18H2,1H3. The highest BCUT2D eigenvalue weighted by Crippen LogP contribution is 2.30. The summed E-state index contributed by atoms with van der Waals surface area (Å²) >= 11 is 0. The highest BCUT2D eigenvalue weighted by Gasteiger charge is 2.33. The van der Waals surface area contributed by atoms with Crippen LogP contribution in [0, 0.1) is 5.92 Å². The Morgan fingerprint density at radius 3 is 2.40 bits per heavy atom. The summed E-state index contributed by atoms with van der Waals surface area (Å²) in [4.78, 5) is 30.0. The van der Waals surface area contributed by atoms with Crippen LogP contribution in [0.25, 0.3) is 0 Å². The van der Waals surface area contributed by atoms with Crippen molar-refractivity contribution >= 4 is 11.8 Å². The Kier molecular flexibility index (Phi) is 6.36. The SMILES string of the molecule is COc1cccc(C(=O)N2CCCC(C(=O)N3CCC(c4ccccc4)CC3)C2)c1. The van der Waals surface area contributed by atoms with E-state index in [0.717, 1.165) is 38.8 Å². The van der Waals surface area contributed by atoms with Crippen LogP contribution in [0.15, 0.2) is 54.6 Å². The fraction of sp³-hybridized carbons (Fsp3) is 0.440. The van der Waals surface area contributed by atoms with E-state index in [0.29, 0.717) is 30.3 Å². The van der Waals surface area contributed by atoms with Gasteiger partial charge in [0.15, 0.2) is 0 Å². The van der Waals surface area contributed by atoms with Crippen molar-refractivity contribution in [3.8, 4) is 5.75 Å².